The van der Waals surface area contributed by atoms with Crippen LogP contribution in [0.2, 0.25) is 0 Å². The Balaban J connectivity index is 1.12. The number of rotatable bonds is 27. The molecule has 0 fully saturated rings. The van der Waals surface area contributed by atoms with Crippen LogP contribution in [0.1, 0.15) is 41.7 Å². The highest BCUT2D eigenvalue weighted by atomic mass is 16.7. The van der Waals surface area contributed by atoms with Crippen LogP contribution in [-0.4, -0.2) is 109 Å². The number of hydrogen-bond donors (Lipinski definition) is 1. The van der Waals surface area contributed by atoms with Crippen molar-refractivity contribution in [1.82, 2.24) is 20.2 Å². The van der Waals surface area contributed by atoms with Crippen molar-refractivity contribution < 1.29 is 57.0 Å². The Bertz CT molecular complexity index is 1980. The lowest BCUT2D eigenvalue weighted by molar-refractivity contribution is -0.0819. The van der Waals surface area contributed by atoms with E-state index in [0.717, 1.165) is 50.8 Å². The van der Waals surface area contributed by atoms with Crippen molar-refractivity contribution in [3.8, 4) is 34.5 Å². The van der Waals surface area contributed by atoms with Gasteiger partial charge in [0.25, 0.3) is 0 Å². The molecule has 2 amide bonds. The van der Waals surface area contributed by atoms with Gasteiger partial charge in [0.2, 0.25) is 0 Å². The molecule has 67 heavy (non-hydrogen) atoms. The predicted molar refractivity (Wildman–Crippen MR) is 252 cm³/mol. The van der Waals surface area contributed by atoms with Crippen LogP contribution in [0, 0.1) is 0 Å². The van der Waals surface area contributed by atoms with Crippen molar-refractivity contribution in [1.29, 1.82) is 0 Å². The van der Waals surface area contributed by atoms with Crippen LogP contribution in [0.25, 0.3) is 0 Å². The van der Waals surface area contributed by atoms with Gasteiger partial charge in [0.15, 0.2) is 12.6 Å². The predicted octanol–water partition coefficient (Wildman–Crippen LogP) is 8.45. The Morgan fingerprint density at radius 1 is 0.448 bits per heavy atom. The lowest BCUT2D eigenvalue weighted by Gasteiger charge is -2.23. The summed E-state index contributed by atoms with van der Waals surface area (Å²) in [7, 11) is 10.2. The van der Waals surface area contributed by atoms with E-state index in [4.69, 9.17) is 47.4 Å². The molecule has 0 saturated heterocycles. The van der Waals surface area contributed by atoms with Gasteiger partial charge in [0.05, 0.1) is 41.7 Å². The summed E-state index contributed by atoms with van der Waals surface area (Å²) in [6.45, 7) is 5.50. The van der Waals surface area contributed by atoms with E-state index < -0.39 is 24.8 Å². The van der Waals surface area contributed by atoms with Gasteiger partial charge in [-0.05, 0) is 102 Å². The first-order valence-electron chi connectivity index (χ1n) is 21.9. The van der Waals surface area contributed by atoms with E-state index in [-0.39, 0.29) is 26.4 Å². The maximum absolute atomic E-state index is 13.4. The Hall–Kier alpha value is -6.72. The van der Waals surface area contributed by atoms with Gasteiger partial charge in [-0.3, -0.25) is 20.2 Å². The van der Waals surface area contributed by atoms with E-state index >= 15 is 0 Å². The number of carbonyl (C=O) groups excluding carboxylic acids is 2. The third-order valence-corrected chi connectivity index (χ3v) is 10.1. The maximum atomic E-state index is 13.4. The lowest BCUT2D eigenvalue weighted by atomic mass is 10.1. The molecule has 0 aliphatic carbocycles. The second-order valence-corrected chi connectivity index (χ2v) is 15.5. The first-order chi connectivity index (χ1) is 32.4. The Morgan fingerprint density at radius 3 is 1.04 bits per heavy atom. The second-order valence-electron chi connectivity index (χ2n) is 15.5. The fourth-order valence-corrected chi connectivity index (χ4v) is 6.61. The molecule has 0 heterocycles. The minimum absolute atomic E-state index is 0.00293. The number of nitrogens with zero attached hydrogens (tertiary/aromatic N) is 3. The van der Waals surface area contributed by atoms with Crippen molar-refractivity contribution >= 4 is 12.2 Å². The number of hydrazine groups is 1. The molecular weight excluding hydrogens is 861 g/mol. The minimum atomic E-state index is -0.698. The van der Waals surface area contributed by atoms with Crippen LogP contribution >= 0.6 is 0 Å². The van der Waals surface area contributed by atoms with Gasteiger partial charge in [-0.1, -0.05) is 48.5 Å². The topological polar surface area (TPSA) is 148 Å². The molecule has 0 radical (unpaired) electrons. The van der Waals surface area contributed by atoms with Crippen molar-refractivity contribution in [2.75, 3.05) is 69.0 Å². The third-order valence-electron chi connectivity index (χ3n) is 10.1. The monoisotopic (exact) mass is 924 g/mol. The first kappa shape index (κ1) is 51.3. The van der Waals surface area contributed by atoms with Gasteiger partial charge in [-0.2, -0.15) is 0 Å². The lowest BCUT2D eigenvalue weighted by Crippen LogP contribution is -2.32. The van der Waals surface area contributed by atoms with Gasteiger partial charge >= 0.3 is 12.2 Å². The standard InChI is InChI=1S/C51H64N4O12/c1-37(62-25-27-64-50(56)54(33-39-9-17-44(58-5)18-10-39)34-40-11-19-45(59-6)20-12-40)66-48-29-43(32-52-53(3)4)30-49(31-48)67-38(2)63-26-28-65-51(57)55(35-41-13-21-46(60-7)22-14-41)36-42-15-23-47(61-8)24-16-42/h9-24,29-31,37-38,52H,25-28,32-36H2,1-8H3. The zero-order chi connectivity index (χ0) is 48.0. The van der Waals surface area contributed by atoms with Crippen molar-refractivity contribution in [2.45, 2.75) is 59.2 Å². The maximum Gasteiger partial charge on any atom is 0.410 e. The number of hydrogen-bond acceptors (Lipinski definition) is 14. The smallest absolute Gasteiger partial charge is 0.410 e. The number of methoxy groups -OCH3 is 4. The van der Waals surface area contributed by atoms with E-state index in [1.54, 1.807) is 58.2 Å². The molecule has 0 aliphatic heterocycles. The SMILES string of the molecule is COc1ccc(CN(Cc2ccc(OC)cc2)C(=O)OCCOC(C)Oc2cc(CNN(C)C)cc(OC(C)OCCOC(=O)N(Cc3ccc(OC)cc3)Cc3ccc(OC)cc3)c2)cc1. The van der Waals surface area contributed by atoms with Crippen LogP contribution in [0.15, 0.2) is 115 Å². The highest BCUT2D eigenvalue weighted by Gasteiger charge is 2.19. The van der Waals surface area contributed by atoms with E-state index in [9.17, 15) is 9.59 Å². The van der Waals surface area contributed by atoms with Gasteiger partial charge in [-0.25, -0.2) is 9.59 Å². The summed E-state index contributed by atoms with van der Waals surface area (Å²) < 4.78 is 56.7. The Morgan fingerprint density at radius 2 is 0.761 bits per heavy atom. The molecule has 5 rings (SSSR count). The molecule has 2 unspecified atom stereocenters. The number of carbonyl (C=O) groups is 2. The van der Waals surface area contributed by atoms with Crippen molar-refractivity contribution in [3.63, 3.8) is 0 Å². The molecule has 2 atom stereocenters. The summed E-state index contributed by atoms with van der Waals surface area (Å²) in [6, 6.07) is 35.7. The summed E-state index contributed by atoms with van der Waals surface area (Å²) >= 11 is 0. The third kappa shape index (κ3) is 17.9. The van der Waals surface area contributed by atoms with Crippen molar-refractivity contribution in [3.05, 3.63) is 143 Å². The normalized spacial score (nSPS) is 11.8. The zero-order valence-electron chi connectivity index (χ0n) is 39.7. The Kier molecular flexibility index (Phi) is 20.7. The molecule has 360 valence electrons. The van der Waals surface area contributed by atoms with E-state index in [1.807, 2.05) is 128 Å². The van der Waals surface area contributed by atoms with Crippen LogP contribution in [-0.2, 0) is 51.7 Å². The number of amides is 2. The summed E-state index contributed by atoms with van der Waals surface area (Å²) in [5.74, 6) is 3.90. The molecule has 16 nitrogen and oxygen atoms in total. The quantitative estimate of drug-likeness (QED) is 0.0305. The van der Waals surface area contributed by atoms with E-state index in [1.165, 1.54) is 0 Å². The molecule has 0 saturated carbocycles. The number of benzene rings is 5. The molecule has 0 aromatic heterocycles. The summed E-state index contributed by atoms with van der Waals surface area (Å²) in [5.41, 5.74) is 7.82. The summed E-state index contributed by atoms with van der Waals surface area (Å²) in [6.07, 6.45) is -2.37. The van der Waals surface area contributed by atoms with Crippen LogP contribution in [0.5, 0.6) is 34.5 Å². The van der Waals surface area contributed by atoms with Crippen molar-refractivity contribution in [2.24, 2.45) is 0 Å². The number of nitrogens with one attached hydrogen (secondary N) is 1. The minimum Gasteiger partial charge on any atom is -0.497 e. The average Bonchev–Trinajstić information content (AvgIpc) is 3.33. The molecule has 0 spiro atoms. The average molecular weight is 925 g/mol. The first-order valence-corrected chi connectivity index (χ1v) is 21.9. The van der Waals surface area contributed by atoms with Gasteiger partial charge < -0.3 is 47.4 Å². The summed E-state index contributed by atoms with van der Waals surface area (Å²) in [5, 5.41) is 1.85. The van der Waals surface area contributed by atoms with Gasteiger partial charge in [0.1, 0.15) is 47.7 Å². The Labute approximate surface area is 394 Å². The summed E-state index contributed by atoms with van der Waals surface area (Å²) in [4.78, 5) is 30.1. The van der Waals surface area contributed by atoms with Gasteiger partial charge in [0, 0.05) is 52.9 Å². The van der Waals surface area contributed by atoms with Crippen LogP contribution < -0.4 is 33.8 Å². The molecule has 0 aliphatic rings. The fraction of sp³-hybridized carbons (Fsp3) is 0.373. The highest BCUT2D eigenvalue weighted by Crippen LogP contribution is 2.26. The molecule has 1 N–H and O–H groups in total. The number of ether oxygens (including phenoxy) is 10. The second kappa shape index (κ2) is 27.0. The molecule has 5 aromatic carbocycles. The zero-order valence-corrected chi connectivity index (χ0v) is 39.7. The highest BCUT2D eigenvalue weighted by molar-refractivity contribution is 5.68. The van der Waals surface area contributed by atoms with E-state index in [0.29, 0.717) is 44.2 Å². The van der Waals surface area contributed by atoms with E-state index in [2.05, 4.69) is 5.43 Å². The molecule has 5 aromatic rings. The van der Waals surface area contributed by atoms with Crippen LogP contribution in [0.3, 0.4) is 0 Å². The molecule has 16 heteroatoms. The molecule has 0 bridgehead atoms. The fourth-order valence-electron chi connectivity index (χ4n) is 6.61. The van der Waals surface area contributed by atoms with Crippen LogP contribution in [0.4, 0.5) is 9.59 Å². The largest absolute Gasteiger partial charge is 0.497 e. The molecular formula is C51H64N4O12. The van der Waals surface area contributed by atoms with Gasteiger partial charge in [-0.15, -0.1) is 0 Å².